The second-order valence-electron chi connectivity index (χ2n) is 2.59. The maximum absolute atomic E-state index is 10.4. The summed E-state index contributed by atoms with van der Waals surface area (Å²) in [5.41, 5.74) is 0. The molecular weight excluding hydrogens is 246 g/mol. The fourth-order valence-electron chi connectivity index (χ4n) is 0.906. The monoisotopic (exact) mass is 258 g/mol. The normalized spacial score (nSPS) is 12.7. The predicted octanol–water partition coefficient (Wildman–Crippen LogP) is -1.36. The smallest absolute Gasteiger partial charge is 1.00 e. The molecule has 0 aliphatic rings. The van der Waals surface area contributed by atoms with Crippen molar-refractivity contribution in [2.75, 3.05) is 0 Å². The largest absolute Gasteiger partial charge is 1.00 e. The van der Waals surface area contributed by atoms with Gasteiger partial charge < -0.3 is 16.0 Å². The average Bonchev–Trinajstić information content (AvgIpc) is 2.02. The van der Waals surface area contributed by atoms with Crippen LogP contribution in [0.5, 0.6) is 5.75 Å². The third-order valence-electron chi connectivity index (χ3n) is 1.33. The van der Waals surface area contributed by atoms with Crippen molar-refractivity contribution in [1.29, 1.82) is 0 Å². The molecule has 0 fully saturated rings. The van der Waals surface area contributed by atoms with Gasteiger partial charge in [0.25, 0.3) is 0 Å². The van der Waals surface area contributed by atoms with Gasteiger partial charge in [0.05, 0.1) is 0 Å². The van der Waals surface area contributed by atoms with Crippen LogP contribution in [0.4, 0.5) is 0 Å². The summed E-state index contributed by atoms with van der Waals surface area (Å²) in [5, 5.41) is 0. The van der Waals surface area contributed by atoms with E-state index in [0.717, 1.165) is 0 Å². The van der Waals surface area contributed by atoms with Crippen LogP contribution in [0.2, 0.25) is 0 Å². The van der Waals surface area contributed by atoms with Crippen molar-refractivity contribution in [3.8, 4) is 5.75 Å². The number of benzene rings is 1. The molecule has 1 atom stereocenters. The van der Waals surface area contributed by atoms with Gasteiger partial charge in [0, 0.05) is 0 Å². The van der Waals surface area contributed by atoms with E-state index in [1.807, 2.05) is 0 Å². The van der Waals surface area contributed by atoms with Gasteiger partial charge in [-0.15, -0.1) is 0 Å². The van der Waals surface area contributed by atoms with E-state index in [1.54, 1.807) is 30.3 Å². The van der Waals surface area contributed by atoms with E-state index in [0.29, 0.717) is 5.75 Å². The molecule has 0 saturated heterocycles. The van der Waals surface area contributed by atoms with Crippen LogP contribution in [-0.4, -0.2) is 16.1 Å². The van der Waals surface area contributed by atoms with E-state index in [1.165, 1.54) is 6.92 Å². The van der Waals surface area contributed by atoms with Crippen molar-refractivity contribution in [2.24, 2.45) is 0 Å². The summed E-state index contributed by atoms with van der Waals surface area (Å²) in [6.07, 6.45) is -0.988. The van der Waals surface area contributed by atoms with E-state index < -0.39 is 14.1 Å². The first-order valence-corrected chi connectivity index (χ1v) is 5.46. The van der Waals surface area contributed by atoms with Crippen molar-refractivity contribution in [2.45, 2.75) is 13.2 Å². The first kappa shape index (κ1) is 15.8. The predicted molar refractivity (Wildman–Crippen MR) is 50.8 cm³/mol. The van der Waals surface area contributed by atoms with Crippen LogP contribution >= 0.6 is 7.82 Å². The van der Waals surface area contributed by atoms with Crippen LogP contribution in [0.15, 0.2) is 30.3 Å². The van der Waals surface area contributed by atoms with E-state index in [2.05, 4.69) is 4.52 Å². The zero-order chi connectivity index (χ0) is 10.6. The van der Waals surface area contributed by atoms with Crippen molar-refractivity contribution in [1.82, 2.24) is 0 Å². The molecule has 1 rings (SSSR count). The Hall–Kier alpha value is 0.766. The minimum absolute atomic E-state index is 0. The van der Waals surface area contributed by atoms with Crippen LogP contribution in [0.1, 0.15) is 8.35 Å². The first-order valence-electron chi connectivity index (χ1n) is 3.93. The van der Waals surface area contributed by atoms with Crippen LogP contribution in [-0.2, 0) is 9.09 Å². The number of hydrogen-bond acceptors (Lipinski definition) is 3. The molecule has 80 valence electrons. The van der Waals surface area contributed by atoms with Crippen LogP contribution < -0.4 is 56.1 Å². The van der Waals surface area contributed by atoms with E-state index in [9.17, 15) is 4.57 Å². The number of rotatable bonds is 4. The van der Waals surface area contributed by atoms with Crippen molar-refractivity contribution in [3.05, 3.63) is 30.3 Å². The van der Waals surface area contributed by atoms with Crippen LogP contribution in [0.25, 0.3) is 0 Å². The van der Waals surface area contributed by atoms with Gasteiger partial charge in [-0.05, 0) is 19.1 Å². The van der Waals surface area contributed by atoms with Gasteiger partial charge in [0.15, 0.2) is 0 Å². The second kappa shape index (κ2) is 7.16. The molecule has 2 N–H and O–H groups in total. The molecule has 5 nitrogen and oxygen atoms in total. The number of phosphoric acid groups is 1. The summed E-state index contributed by atoms with van der Waals surface area (Å²) in [7, 11) is -4.48. The third-order valence-corrected chi connectivity index (χ3v) is 1.90. The second-order valence-corrected chi connectivity index (χ2v) is 3.79. The minimum atomic E-state index is -4.48. The zero-order valence-electron chi connectivity index (χ0n) is 9.53. The van der Waals surface area contributed by atoms with E-state index in [-0.39, 0.29) is 52.8 Å². The Balaban J connectivity index is 0. The molecule has 1 aromatic carbocycles. The molecule has 15 heavy (non-hydrogen) atoms. The molecule has 1 unspecified atom stereocenters. The molecule has 0 spiro atoms. The molecule has 0 aliphatic carbocycles. The van der Waals surface area contributed by atoms with Gasteiger partial charge in [-0.1, -0.05) is 18.2 Å². The Kier molecular flexibility index (Phi) is 7.53. The topological polar surface area (TPSA) is 76.0 Å². The summed E-state index contributed by atoms with van der Waals surface area (Å²) in [6, 6.07) is 8.64. The minimum Gasteiger partial charge on any atom is -1.00 e. The number of hydrogen-bond donors (Lipinski definition) is 2. The Morgan fingerprint density at radius 2 is 1.87 bits per heavy atom. The fourth-order valence-corrected chi connectivity index (χ4v) is 1.34. The average molecular weight is 258 g/mol. The first-order chi connectivity index (χ1) is 6.47. The molecule has 0 aliphatic heterocycles. The van der Waals surface area contributed by atoms with Gasteiger partial charge in [-0.25, -0.2) is 9.09 Å². The molecule has 0 saturated carbocycles. The molecule has 1 aromatic rings. The fraction of sp³-hybridized carbons (Fsp3) is 0.250. The standard InChI is InChI=1S/C8H11O5P.K.H/c1-7(13-14(9,10)11)12-8-5-3-2-4-6-8;;/h2-7H,1H3,(H2,9,10,11);;/q;+1;-1. The van der Waals surface area contributed by atoms with E-state index >= 15 is 0 Å². The molecule has 0 bridgehead atoms. The summed E-state index contributed by atoms with van der Waals surface area (Å²) >= 11 is 0. The van der Waals surface area contributed by atoms with E-state index in [4.69, 9.17) is 14.5 Å². The Morgan fingerprint density at radius 3 is 2.33 bits per heavy atom. The molecule has 7 heteroatoms. The molecule has 0 radical (unpaired) electrons. The molecule has 0 heterocycles. The zero-order valence-corrected chi connectivity index (χ0v) is 12.5. The molecule has 0 aromatic heterocycles. The Morgan fingerprint density at radius 1 is 1.33 bits per heavy atom. The third kappa shape index (κ3) is 7.62. The quantitative estimate of drug-likeness (QED) is 0.396. The Bertz CT molecular complexity index is 330. The van der Waals surface area contributed by atoms with Crippen molar-refractivity contribution >= 4 is 7.82 Å². The maximum Gasteiger partial charge on any atom is 1.00 e. The van der Waals surface area contributed by atoms with Crippen molar-refractivity contribution < 1.29 is 76.4 Å². The number of para-hydroxylation sites is 1. The van der Waals surface area contributed by atoms with Gasteiger partial charge in [0.1, 0.15) is 5.75 Å². The van der Waals surface area contributed by atoms with Gasteiger partial charge in [-0.2, -0.15) is 0 Å². The van der Waals surface area contributed by atoms with Gasteiger partial charge in [-0.3, -0.25) is 0 Å². The summed E-state index contributed by atoms with van der Waals surface area (Å²) in [4.78, 5) is 16.9. The summed E-state index contributed by atoms with van der Waals surface area (Å²) in [6.45, 7) is 1.41. The number of phosphoric ester groups is 1. The van der Waals surface area contributed by atoms with Gasteiger partial charge in [0.2, 0.25) is 6.29 Å². The molecule has 0 amide bonds. The number of ether oxygens (including phenoxy) is 1. The Labute approximate surface area is 132 Å². The molecular formula is C8H12KO5P. The maximum atomic E-state index is 10.4. The van der Waals surface area contributed by atoms with Crippen molar-refractivity contribution in [3.63, 3.8) is 0 Å². The summed E-state index contributed by atoms with van der Waals surface area (Å²) < 4.78 is 19.8. The van der Waals surface area contributed by atoms with Crippen LogP contribution in [0.3, 0.4) is 0 Å². The van der Waals surface area contributed by atoms with Crippen LogP contribution in [0, 0.1) is 0 Å². The van der Waals surface area contributed by atoms with Gasteiger partial charge >= 0.3 is 59.2 Å². The summed E-state index contributed by atoms with van der Waals surface area (Å²) in [5.74, 6) is 0.494. The SMILES string of the molecule is CC(Oc1ccccc1)OP(=O)(O)O.[H-].[K+].